The molecule has 18 heavy (non-hydrogen) atoms. The third-order valence-electron chi connectivity index (χ3n) is 2.70. The number of nitrogens with one attached hydrogen (secondary N) is 2. The SMILES string of the molecule is CC1=C(C(=O)O)C(c2ccc(Cl)cc2)NC(=O)N1. The number of carbonyl (C=O) groups excluding carboxylic acids is 1. The van der Waals surface area contributed by atoms with Gasteiger partial charge in [0.1, 0.15) is 0 Å². The van der Waals surface area contributed by atoms with Crippen molar-refractivity contribution in [1.29, 1.82) is 0 Å². The number of aliphatic carboxylic acids is 1. The van der Waals surface area contributed by atoms with Crippen LogP contribution in [0.2, 0.25) is 5.02 Å². The topological polar surface area (TPSA) is 78.4 Å². The van der Waals surface area contributed by atoms with Gasteiger partial charge in [0.15, 0.2) is 0 Å². The molecule has 6 heteroatoms. The minimum Gasteiger partial charge on any atom is -0.478 e. The number of halogens is 1. The van der Waals surface area contributed by atoms with Crippen molar-refractivity contribution in [2.24, 2.45) is 0 Å². The van der Waals surface area contributed by atoms with Crippen LogP contribution in [0.5, 0.6) is 0 Å². The molecule has 0 bridgehead atoms. The maximum absolute atomic E-state index is 11.4. The number of rotatable bonds is 2. The highest BCUT2D eigenvalue weighted by atomic mass is 35.5. The fraction of sp³-hybridized carbons (Fsp3) is 0.167. The van der Waals surface area contributed by atoms with Crippen LogP contribution < -0.4 is 10.6 Å². The van der Waals surface area contributed by atoms with E-state index in [4.69, 9.17) is 11.6 Å². The predicted octanol–water partition coefficient (Wildman–Crippen LogP) is 2.05. The Labute approximate surface area is 108 Å². The first-order chi connectivity index (χ1) is 8.49. The van der Waals surface area contributed by atoms with Gasteiger partial charge in [-0.3, -0.25) is 0 Å². The molecular formula is C12H11ClN2O3. The summed E-state index contributed by atoms with van der Waals surface area (Å²) in [5, 5.41) is 14.8. The van der Waals surface area contributed by atoms with E-state index < -0.39 is 18.0 Å². The van der Waals surface area contributed by atoms with E-state index in [2.05, 4.69) is 10.6 Å². The summed E-state index contributed by atoms with van der Waals surface area (Å²) in [4.78, 5) is 22.7. The van der Waals surface area contributed by atoms with E-state index in [9.17, 15) is 14.7 Å². The van der Waals surface area contributed by atoms with Crippen LogP contribution in [0.4, 0.5) is 4.79 Å². The summed E-state index contributed by atoms with van der Waals surface area (Å²) in [5.41, 5.74) is 1.13. The summed E-state index contributed by atoms with van der Waals surface area (Å²) in [5.74, 6) is -1.07. The Morgan fingerprint density at radius 1 is 1.33 bits per heavy atom. The molecule has 1 aromatic rings. The largest absolute Gasteiger partial charge is 0.478 e. The number of carboxylic acids is 1. The van der Waals surface area contributed by atoms with E-state index in [1.807, 2.05) is 0 Å². The van der Waals surface area contributed by atoms with Crippen LogP contribution in [-0.2, 0) is 4.79 Å². The van der Waals surface area contributed by atoms with E-state index in [-0.39, 0.29) is 5.57 Å². The van der Waals surface area contributed by atoms with Gasteiger partial charge in [0.05, 0.1) is 11.6 Å². The van der Waals surface area contributed by atoms with Crippen LogP contribution in [0.25, 0.3) is 0 Å². The maximum Gasteiger partial charge on any atom is 0.335 e. The fourth-order valence-electron chi connectivity index (χ4n) is 1.88. The third kappa shape index (κ3) is 2.31. The van der Waals surface area contributed by atoms with Gasteiger partial charge in [-0.2, -0.15) is 0 Å². The van der Waals surface area contributed by atoms with Gasteiger partial charge in [0, 0.05) is 10.7 Å². The summed E-state index contributed by atoms with van der Waals surface area (Å²) in [6.07, 6.45) is 0. The first kappa shape index (κ1) is 12.4. The van der Waals surface area contributed by atoms with Crippen LogP contribution >= 0.6 is 11.6 Å². The van der Waals surface area contributed by atoms with Crippen molar-refractivity contribution in [3.05, 3.63) is 46.1 Å². The Bertz CT molecular complexity index is 537. The molecule has 1 aliphatic heterocycles. The molecule has 1 aromatic carbocycles. The second-order valence-corrected chi connectivity index (χ2v) is 4.36. The Hall–Kier alpha value is -2.01. The summed E-state index contributed by atoms with van der Waals surface area (Å²) in [6.45, 7) is 1.56. The van der Waals surface area contributed by atoms with E-state index in [0.717, 1.165) is 0 Å². The Morgan fingerprint density at radius 2 is 1.94 bits per heavy atom. The Morgan fingerprint density at radius 3 is 2.50 bits per heavy atom. The monoisotopic (exact) mass is 266 g/mol. The Balaban J connectivity index is 2.46. The van der Waals surface area contributed by atoms with Crippen molar-refractivity contribution >= 4 is 23.6 Å². The lowest BCUT2D eigenvalue weighted by Gasteiger charge is -2.27. The summed E-state index contributed by atoms with van der Waals surface area (Å²) in [6, 6.07) is 5.59. The number of urea groups is 1. The van der Waals surface area contributed by atoms with Gasteiger partial charge in [-0.25, -0.2) is 9.59 Å². The van der Waals surface area contributed by atoms with Gasteiger partial charge in [-0.1, -0.05) is 23.7 Å². The standard InChI is InChI=1S/C12H11ClN2O3/c1-6-9(11(16)17)10(15-12(18)14-6)7-2-4-8(13)5-3-7/h2-5,10H,1H3,(H,16,17)(H2,14,15,18). The van der Waals surface area contributed by atoms with E-state index in [1.165, 1.54) is 0 Å². The molecule has 5 nitrogen and oxygen atoms in total. The molecule has 0 saturated heterocycles. The van der Waals surface area contributed by atoms with Crippen LogP contribution in [0.1, 0.15) is 18.5 Å². The second-order valence-electron chi connectivity index (χ2n) is 3.93. The average Bonchev–Trinajstić information content (AvgIpc) is 2.28. The highest BCUT2D eigenvalue weighted by molar-refractivity contribution is 6.30. The lowest BCUT2D eigenvalue weighted by atomic mass is 9.96. The molecule has 94 valence electrons. The number of benzene rings is 1. The summed E-state index contributed by atoms with van der Waals surface area (Å²) < 4.78 is 0. The molecule has 1 aliphatic rings. The first-order valence-corrected chi connectivity index (χ1v) is 5.64. The molecule has 2 rings (SSSR count). The highest BCUT2D eigenvalue weighted by Gasteiger charge is 2.30. The lowest BCUT2D eigenvalue weighted by Crippen LogP contribution is -2.45. The summed E-state index contributed by atoms with van der Waals surface area (Å²) in [7, 11) is 0. The van der Waals surface area contributed by atoms with Gasteiger partial charge < -0.3 is 15.7 Å². The minimum atomic E-state index is -1.07. The van der Waals surface area contributed by atoms with Crippen LogP contribution in [0.15, 0.2) is 35.5 Å². The molecule has 2 amide bonds. The number of hydrogen-bond acceptors (Lipinski definition) is 2. The van der Waals surface area contributed by atoms with Crippen LogP contribution in [0.3, 0.4) is 0 Å². The molecule has 0 radical (unpaired) electrons. The van der Waals surface area contributed by atoms with Gasteiger partial charge in [-0.15, -0.1) is 0 Å². The molecular weight excluding hydrogens is 256 g/mol. The second kappa shape index (κ2) is 4.70. The smallest absolute Gasteiger partial charge is 0.335 e. The van der Waals surface area contributed by atoms with Crippen LogP contribution in [0, 0.1) is 0 Å². The number of hydrogen-bond donors (Lipinski definition) is 3. The molecule has 0 aromatic heterocycles. The summed E-state index contributed by atoms with van der Waals surface area (Å²) >= 11 is 5.78. The number of allylic oxidation sites excluding steroid dienone is 1. The van der Waals surface area contributed by atoms with E-state index in [1.54, 1.807) is 31.2 Å². The fourth-order valence-corrected chi connectivity index (χ4v) is 2.01. The third-order valence-corrected chi connectivity index (χ3v) is 2.95. The number of carboxylic acid groups (broad SMARTS) is 1. The molecule has 1 atom stereocenters. The average molecular weight is 267 g/mol. The molecule has 0 aliphatic carbocycles. The zero-order chi connectivity index (χ0) is 13.3. The predicted molar refractivity (Wildman–Crippen MR) is 66.2 cm³/mol. The first-order valence-electron chi connectivity index (χ1n) is 5.26. The van der Waals surface area contributed by atoms with Crippen molar-refractivity contribution < 1.29 is 14.7 Å². The van der Waals surface area contributed by atoms with Gasteiger partial charge >= 0.3 is 12.0 Å². The molecule has 1 unspecified atom stereocenters. The minimum absolute atomic E-state index is 0.122. The Kier molecular flexibility index (Phi) is 3.25. The van der Waals surface area contributed by atoms with E-state index in [0.29, 0.717) is 16.3 Å². The molecule has 3 N–H and O–H groups in total. The quantitative estimate of drug-likeness (QED) is 0.767. The van der Waals surface area contributed by atoms with Crippen molar-refractivity contribution in [1.82, 2.24) is 10.6 Å². The van der Waals surface area contributed by atoms with Crippen molar-refractivity contribution in [2.75, 3.05) is 0 Å². The van der Waals surface area contributed by atoms with Gasteiger partial charge in [-0.05, 0) is 24.6 Å². The number of carbonyl (C=O) groups is 2. The van der Waals surface area contributed by atoms with Crippen LogP contribution in [-0.4, -0.2) is 17.1 Å². The number of amides is 2. The highest BCUT2D eigenvalue weighted by Crippen LogP contribution is 2.27. The molecule has 0 spiro atoms. The van der Waals surface area contributed by atoms with Crippen molar-refractivity contribution in [2.45, 2.75) is 13.0 Å². The maximum atomic E-state index is 11.4. The lowest BCUT2D eigenvalue weighted by molar-refractivity contribution is -0.133. The molecule has 0 saturated carbocycles. The normalized spacial score (nSPS) is 19.2. The van der Waals surface area contributed by atoms with E-state index >= 15 is 0 Å². The van der Waals surface area contributed by atoms with Crippen molar-refractivity contribution in [3.8, 4) is 0 Å². The van der Waals surface area contributed by atoms with Gasteiger partial charge in [0.2, 0.25) is 0 Å². The zero-order valence-electron chi connectivity index (χ0n) is 9.53. The van der Waals surface area contributed by atoms with Gasteiger partial charge in [0.25, 0.3) is 0 Å². The zero-order valence-corrected chi connectivity index (χ0v) is 10.3. The molecule has 1 heterocycles. The molecule has 0 fully saturated rings. The van der Waals surface area contributed by atoms with Crippen molar-refractivity contribution in [3.63, 3.8) is 0 Å².